The minimum atomic E-state index is -4.98. The Balaban J connectivity index is -0.000000495. The quantitative estimate of drug-likeness (QED) is 0.0622. The van der Waals surface area contributed by atoms with Gasteiger partial charge in [-0.3, -0.25) is 9.59 Å². The molecule has 0 aromatic carbocycles. The zero-order chi connectivity index (χ0) is 29.0. The number of hydrogen-bond acceptors (Lipinski definition) is 11. The van der Waals surface area contributed by atoms with Crippen LogP contribution in [0.1, 0.15) is 104 Å². The number of hydrogen-bond donors (Lipinski definition) is 4. The minimum Gasteiger partial charge on any atom is -0.747 e. The number of unbranched alkanes of at least 4 members (excludes halogenated alkanes) is 10. The molecule has 0 fully saturated rings. The van der Waals surface area contributed by atoms with Crippen molar-refractivity contribution in [3.05, 3.63) is 0 Å². The third-order valence-corrected chi connectivity index (χ3v) is 5.89. The van der Waals surface area contributed by atoms with Gasteiger partial charge in [-0.05, 0) is 19.8 Å². The van der Waals surface area contributed by atoms with Gasteiger partial charge in [0.1, 0.15) is 10.1 Å². The van der Waals surface area contributed by atoms with Crippen LogP contribution in [-0.2, 0) is 29.2 Å². The average Bonchev–Trinajstić information content (AvgIpc) is 2.85. The average molecular weight is 583 g/mol. The Hall–Kier alpha value is -0.310. The van der Waals surface area contributed by atoms with Crippen LogP contribution in [0.3, 0.4) is 0 Å². The maximum atomic E-state index is 11.9. The molecule has 0 aliphatic heterocycles. The molecular weight excluding hydrogens is 531 g/mol. The molecule has 11 nitrogen and oxygen atoms in total. The third kappa shape index (κ3) is 35.7. The summed E-state index contributed by atoms with van der Waals surface area (Å²) in [6.07, 6.45) is 10.6. The molecular formula is C25H51NaO11S. The Morgan fingerprint density at radius 1 is 0.763 bits per heavy atom. The summed E-state index contributed by atoms with van der Waals surface area (Å²) < 4.78 is 43.8. The summed E-state index contributed by atoms with van der Waals surface area (Å²) in [4.78, 5) is 23.7. The molecule has 0 spiro atoms. The minimum absolute atomic E-state index is 0. The summed E-state index contributed by atoms with van der Waals surface area (Å²) in [6, 6.07) is 0. The zero-order valence-electron chi connectivity index (χ0n) is 23.9. The van der Waals surface area contributed by atoms with Crippen molar-refractivity contribution in [3.8, 4) is 0 Å². The molecule has 13 heteroatoms. The van der Waals surface area contributed by atoms with Crippen LogP contribution in [0.25, 0.3) is 0 Å². The summed E-state index contributed by atoms with van der Waals surface area (Å²) in [5.41, 5.74) is 0. The second-order valence-corrected chi connectivity index (χ2v) is 10.1. The third-order valence-electron chi connectivity index (χ3n) is 4.83. The van der Waals surface area contributed by atoms with Crippen molar-refractivity contribution in [2.75, 3.05) is 33.0 Å². The maximum absolute atomic E-state index is 11.9. The van der Waals surface area contributed by atoms with E-state index in [-0.39, 0.29) is 62.6 Å². The number of rotatable bonds is 20. The van der Waals surface area contributed by atoms with Crippen molar-refractivity contribution in [1.82, 2.24) is 0 Å². The topological polar surface area (TPSA) is 191 Å². The van der Waals surface area contributed by atoms with Crippen LogP contribution in [0.2, 0.25) is 0 Å². The zero-order valence-corrected chi connectivity index (χ0v) is 26.8. The van der Waals surface area contributed by atoms with Crippen molar-refractivity contribution in [1.29, 1.82) is 0 Å². The van der Waals surface area contributed by atoms with Crippen LogP contribution in [0.5, 0.6) is 0 Å². The SMILES string of the molecule is CC(O)CO.CCCCCCCCOC(=O)CC(C(=O)OCCCCCCCC)S(=O)(=O)[O-].OCCO.[Na+]. The van der Waals surface area contributed by atoms with Gasteiger partial charge in [0.25, 0.3) is 0 Å². The summed E-state index contributed by atoms with van der Waals surface area (Å²) in [5.74, 6) is -2.03. The van der Waals surface area contributed by atoms with Gasteiger partial charge in [0.2, 0.25) is 0 Å². The van der Waals surface area contributed by atoms with E-state index in [9.17, 15) is 22.6 Å². The van der Waals surface area contributed by atoms with E-state index < -0.39 is 39.8 Å². The van der Waals surface area contributed by atoms with Crippen LogP contribution < -0.4 is 29.6 Å². The first-order valence-electron chi connectivity index (χ1n) is 13.3. The Labute approximate surface area is 251 Å². The normalized spacial score (nSPS) is 12.0. The van der Waals surface area contributed by atoms with E-state index in [0.29, 0.717) is 12.8 Å². The van der Waals surface area contributed by atoms with Gasteiger partial charge in [0.05, 0.1) is 45.6 Å². The van der Waals surface area contributed by atoms with Crippen LogP contribution in [0.4, 0.5) is 0 Å². The van der Waals surface area contributed by atoms with Gasteiger partial charge in [-0.2, -0.15) is 0 Å². The van der Waals surface area contributed by atoms with E-state index in [1.807, 2.05) is 0 Å². The molecule has 0 rings (SSSR count). The number of aliphatic hydroxyl groups excluding tert-OH is 4. The first-order valence-corrected chi connectivity index (χ1v) is 14.8. The number of ether oxygens (including phenoxy) is 2. The molecule has 0 aromatic rings. The van der Waals surface area contributed by atoms with E-state index in [4.69, 9.17) is 29.9 Å². The molecule has 0 heterocycles. The van der Waals surface area contributed by atoms with Gasteiger partial charge >= 0.3 is 41.5 Å². The number of carbonyl (C=O) groups excluding carboxylic acids is 2. The monoisotopic (exact) mass is 582 g/mol. The molecule has 0 radical (unpaired) electrons. The fourth-order valence-corrected chi connectivity index (χ4v) is 3.37. The van der Waals surface area contributed by atoms with Gasteiger partial charge in [-0.25, -0.2) is 8.42 Å². The molecule has 0 saturated carbocycles. The Bertz CT molecular complexity index is 614. The van der Waals surface area contributed by atoms with Gasteiger partial charge in [0.15, 0.2) is 5.25 Å². The largest absolute Gasteiger partial charge is 1.00 e. The first kappa shape index (κ1) is 44.7. The first-order chi connectivity index (χ1) is 17.5. The van der Waals surface area contributed by atoms with Crippen LogP contribution in [0, 0.1) is 0 Å². The summed E-state index contributed by atoms with van der Waals surface area (Å²) in [5, 5.41) is 29.2. The van der Waals surface area contributed by atoms with Crippen molar-refractivity contribution in [2.24, 2.45) is 0 Å². The van der Waals surface area contributed by atoms with Gasteiger partial charge in [-0.15, -0.1) is 0 Å². The van der Waals surface area contributed by atoms with Gasteiger partial charge < -0.3 is 34.5 Å². The predicted molar refractivity (Wildman–Crippen MR) is 140 cm³/mol. The van der Waals surface area contributed by atoms with Crippen LogP contribution in [0.15, 0.2) is 0 Å². The molecule has 0 aromatic heterocycles. The molecule has 0 aliphatic rings. The fraction of sp³-hybridized carbons (Fsp3) is 0.920. The summed E-state index contributed by atoms with van der Waals surface area (Å²) in [7, 11) is -4.98. The second kappa shape index (κ2) is 32.9. The van der Waals surface area contributed by atoms with Crippen molar-refractivity contribution >= 4 is 22.1 Å². The molecule has 0 bridgehead atoms. The molecule has 38 heavy (non-hydrogen) atoms. The van der Waals surface area contributed by atoms with E-state index in [0.717, 1.165) is 57.8 Å². The van der Waals surface area contributed by atoms with Crippen LogP contribution in [-0.4, -0.2) is 89.7 Å². The van der Waals surface area contributed by atoms with Crippen LogP contribution >= 0.6 is 0 Å². The molecule has 0 amide bonds. The van der Waals surface area contributed by atoms with E-state index in [1.54, 1.807) is 0 Å². The van der Waals surface area contributed by atoms with Gasteiger partial charge in [0, 0.05) is 0 Å². The smallest absolute Gasteiger partial charge is 0.747 e. The standard InChI is InChI=1S/C20H38O7S.C3H8O2.C2H6O2.Na/c1-3-5-7-9-11-13-15-26-19(21)17-18(28(23,24)25)20(22)27-16-14-12-10-8-6-4-2;1-3(5)2-4;3-1-2-4;/h18H,3-17H2,1-2H3,(H,23,24,25);3-5H,2H2,1H3;3-4H,1-2H2;/q;;;+1/p-1. The predicted octanol–water partition coefficient (Wildman–Crippen LogP) is -0.568. The van der Waals surface area contributed by atoms with E-state index >= 15 is 0 Å². The molecule has 0 saturated heterocycles. The molecule has 0 aliphatic carbocycles. The van der Waals surface area contributed by atoms with E-state index in [2.05, 4.69) is 13.8 Å². The molecule has 4 N–H and O–H groups in total. The number of aliphatic hydroxyl groups is 4. The molecule has 2 atom stereocenters. The fourth-order valence-electron chi connectivity index (χ4n) is 2.73. The molecule has 224 valence electrons. The van der Waals surface area contributed by atoms with Crippen molar-refractivity contribution in [2.45, 2.75) is 116 Å². The summed E-state index contributed by atoms with van der Waals surface area (Å²) in [6.45, 7) is 5.58. The maximum Gasteiger partial charge on any atom is 1.00 e. The Morgan fingerprint density at radius 2 is 1.13 bits per heavy atom. The van der Waals surface area contributed by atoms with Crippen molar-refractivity contribution in [3.63, 3.8) is 0 Å². The number of carbonyl (C=O) groups is 2. The Kier molecular flexibility index (Phi) is 38.7. The Morgan fingerprint density at radius 3 is 1.47 bits per heavy atom. The summed E-state index contributed by atoms with van der Waals surface area (Å²) >= 11 is 0. The second-order valence-electron chi connectivity index (χ2n) is 8.59. The van der Waals surface area contributed by atoms with Crippen molar-refractivity contribution < 1.29 is 82.0 Å². The van der Waals surface area contributed by atoms with E-state index in [1.165, 1.54) is 13.3 Å². The van der Waals surface area contributed by atoms with Gasteiger partial charge in [-0.1, -0.05) is 78.1 Å². The number of esters is 2. The molecule has 2 unspecified atom stereocenters.